The molecule has 2 saturated heterocycles. The Labute approximate surface area is 93.2 Å². The van der Waals surface area contributed by atoms with Crippen LogP contribution in [-0.4, -0.2) is 49.8 Å². The van der Waals surface area contributed by atoms with Crippen LogP contribution in [0.2, 0.25) is 0 Å². The second-order valence-electron chi connectivity index (χ2n) is 4.99. The van der Waals surface area contributed by atoms with E-state index in [1.54, 1.807) is 0 Å². The molecule has 2 aliphatic heterocycles. The summed E-state index contributed by atoms with van der Waals surface area (Å²) in [5, 5.41) is 3.29. The molecule has 0 amide bonds. The minimum absolute atomic E-state index is 0.486. The molecule has 1 N–H and O–H groups in total. The molecule has 0 bridgehead atoms. The zero-order valence-corrected chi connectivity index (χ0v) is 10.0. The SMILES string of the molecule is CNCC1CCCN1CC1CCC(C)O1. The standard InChI is InChI=1S/C12H24N2O/c1-10-5-6-12(15-10)9-14-7-3-4-11(14)8-13-2/h10-13H,3-9H2,1-2H3. The van der Waals surface area contributed by atoms with E-state index in [4.69, 9.17) is 4.74 Å². The van der Waals surface area contributed by atoms with Gasteiger partial charge in [-0.2, -0.15) is 0 Å². The van der Waals surface area contributed by atoms with E-state index < -0.39 is 0 Å². The number of rotatable bonds is 4. The summed E-state index contributed by atoms with van der Waals surface area (Å²) in [7, 11) is 2.05. The summed E-state index contributed by atoms with van der Waals surface area (Å²) >= 11 is 0. The Morgan fingerprint density at radius 3 is 2.87 bits per heavy atom. The third-order valence-corrected chi connectivity index (χ3v) is 3.70. The van der Waals surface area contributed by atoms with E-state index in [2.05, 4.69) is 17.1 Å². The van der Waals surface area contributed by atoms with Crippen molar-refractivity contribution in [2.45, 2.75) is 50.9 Å². The summed E-state index contributed by atoms with van der Waals surface area (Å²) in [6.45, 7) is 5.73. The second kappa shape index (κ2) is 5.28. The first-order valence-electron chi connectivity index (χ1n) is 6.33. The van der Waals surface area contributed by atoms with Gasteiger partial charge in [0.1, 0.15) is 0 Å². The van der Waals surface area contributed by atoms with Crippen LogP contribution in [0.5, 0.6) is 0 Å². The molecular weight excluding hydrogens is 188 g/mol. The molecule has 2 fully saturated rings. The van der Waals surface area contributed by atoms with Gasteiger partial charge in [-0.1, -0.05) is 0 Å². The molecule has 0 radical (unpaired) electrons. The lowest BCUT2D eigenvalue weighted by atomic mass is 10.2. The second-order valence-corrected chi connectivity index (χ2v) is 4.99. The Morgan fingerprint density at radius 1 is 1.33 bits per heavy atom. The number of likely N-dealkylation sites (tertiary alicyclic amines) is 1. The van der Waals surface area contributed by atoms with E-state index >= 15 is 0 Å². The Hall–Kier alpha value is -0.120. The van der Waals surface area contributed by atoms with Crippen molar-refractivity contribution in [3.8, 4) is 0 Å². The Bertz CT molecular complexity index is 198. The van der Waals surface area contributed by atoms with Gasteiger partial charge in [-0.3, -0.25) is 4.90 Å². The fourth-order valence-corrected chi connectivity index (χ4v) is 2.88. The average molecular weight is 212 g/mol. The van der Waals surface area contributed by atoms with Crippen LogP contribution in [0.1, 0.15) is 32.6 Å². The van der Waals surface area contributed by atoms with E-state index in [-0.39, 0.29) is 0 Å². The quantitative estimate of drug-likeness (QED) is 0.759. The van der Waals surface area contributed by atoms with Crippen molar-refractivity contribution in [1.82, 2.24) is 10.2 Å². The molecule has 2 aliphatic rings. The lowest BCUT2D eigenvalue weighted by molar-refractivity contribution is 0.0289. The van der Waals surface area contributed by atoms with Gasteiger partial charge >= 0.3 is 0 Å². The summed E-state index contributed by atoms with van der Waals surface area (Å²) in [5.74, 6) is 0. The third kappa shape index (κ3) is 2.92. The first-order chi connectivity index (χ1) is 7.29. The van der Waals surface area contributed by atoms with Crippen molar-refractivity contribution in [3.63, 3.8) is 0 Å². The van der Waals surface area contributed by atoms with Crippen LogP contribution in [0, 0.1) is 0 Å². The molecule has 2 rings (SSSR count). The Kier molecular flexibility index (Phi) is 4.00. The predicted octanol–water partition coefficient (Wildman–Crippen LogP) is 1.24. The molecule has 88 valence electrons. The Morgan fingerprint density at radius 2 is 2.20 bits per heavy atom. The third-order valence-electron chi connectivity index (χ3n) is 3.70. The van der Waals surface area contributed by atoms with Crippen LogP contribution in [0.4, 0.5) is 0 Å². The lowest BCUT2D eigenvalue weighted by Crippen LogP contribution is -2.41. The monoisotopic (exact) mass is 212 g/mol. The highest BCUT2D eigenvalue weighted by molar-refractivity contribution is 4.84. The fourth-order valence-electron chi connectivity index (χ4n) is 2.88. The van der Waals surface area contributed by atoms with Crippen LogP contribution in [-0.2, 0) is 4.74 Å². The zero-order valence-electron chi connectivity index (χ0n) is 10.0. The van der Waals surface area contributed by atoms with Crippen molar-refractivity contribution >= 4 is 0 Å². The van der Waals surface area contributed by atoms with Gasteiger partial charge < -0.3 is 10.1 Å². The van der Waals surface area contributed by atoms with Gasteiger partial charge in [-0.05, 0) is 46.2 Å². The number of ether oxygens (including phenoxy) is 1. The number of likely N-dealkylation sites (N-methyl/N-ethyl adjacent to an activating group) is 1. The van der Waals surface area contributed by atoms with Crippen molar-refractivity contribution in [1.29, 1.82) is 0 Å². The summed E-state index contributed by atoms with van der Waals surface area (Å²) < 4.78 is 5.89. The molecule has 0 aliphatic carbocycles. The first-order valence-corrected chi connectivity index (χ1v) is 6.33. The fraction of sp³-hybridized carbons (Fsp3) is 1.00. The molecule has 0 aromatic heterocycles. The summed E-state index contributed by atoms with van der Waals surface area (Å²) in [6.07, 6.45) is 6.19. The molecule has 0 aromatic rings. The van der Waals surface area contributed by atoms with Crippen molar-refractivity contribution < 1.29 is 4.74 Å². The smallest absolute Gasteiger partial charge is 0.0706 e. The largest absolute Gasteiger partial charge is 0.374 e. The average Bonchev–Trinajstić information content (AvgIpc) is 2.78. The highest BCUT2D eigenvalue weighted by Crippen LogP contribution is 2.23. The van der Waals surface area contributed by atoms with Crippen molar-refractivity contribution in [3.05, 3.63) is 0 Å². The molecule has 3 atom stereocenters. The van der Waals surface area contributed by atoms with Gasteiger partial charge in [-0.25, -0.2) is 0 Å². The first kappa shape index (κ1) is 11.4. The van der Waals surface area contributed by atoms with Crippen LogP contribution >= 0.6 is 0 Å². The Balaban J connectivity index is 1.77. The van der Waals surface area contributed by atoms with Gasteiger partial charge in [0, 0.05) is 19.1 Å². The minimum atomic E-state index is 0.486. The van der Waals surface area contributed by atoms with E-state index in [1.165, 1.54) is 32.2 Å². The zero-order chi connectivity index (χ0) is 10.7. The molecule has 15 heavy (non-hydrogen) atoms. The van der Waals surface area contributed by atoms with E-state index in [9.17, 15) is 0 Å². The van der Waals surface area contributed by atoms with Crippen LogP contribution in [0.3, 0.4) is 0 Å². The summed E-state index contributed by atoms with van der Waals surface area (Å²) in [5.41, 5.74) is 0. The van der Waals surface area contributed by atoms with Crippen LogP contribution < -0.4 is 5.32 Å². The van der Waals surface area contributed by atoms with Gasteiger partial charge in [0.05, 0.1) is 12.2 Å². The van der Waals surface area contributed by atoms with Gasteiger partial charge in [0.2, 0.25) is 0 Å². The minimum Gasteiger partial charge on any atom is -0.374 e. The molecule has 3 nitrogen and oxygen atoms in total. The summed E-state index contributed by atoms with van der Waals surface area (Å²) in [4.78, 5) is 2.61. The molecule has 0 aromatic carbocycles. The molecule has 2 heterocycles. The number of hydrogen-bond donors (Lipinski definition) is 1. The maximum atomic E-state index is 5.89. The lowest BCUT2D eigenvalue weighted by Gasteiger charge is -2.26. The van der Waals surface area contributed by atoms with E-state index in [0.717, 1.165) is 19.1 Å². The molecule has 0 saturated carbocycles. The maximum absolute atomic E-state index is 5.89. The van der Waals surface area contributed by atoms with E-state index in [0.29, 0.717) is 12.2 Å². The highest BCUT2D eigenvalue weighted by atomic mass is 16.5. The van der Waals surface area contributed by atoms with Crippen LogP contribution in [0.25, 0.3) is 0 Å². The van der Waals surface area contributed by atoms with Gasteiger partial charge in [-0.15, -0.1) is 0 Å². The molecular formula is C12H24N2O. The molecule has 3 heteroatoms. The topological polar surface area (TPSA) is 24.5 Å². The van der Waals surface area contributed by atoms with E-state index in [1.807, 2.05) is 7.05 Å². The molecule has 3 unspecified atom stereocenters. The highest BCUT2D eigenvalue weighted by Gasteiger charge is 2.29. The molecule has 0 spiro atoms. The van der Waals surface area contributed by atoms with Crippen LogP contribution in [0.15, 0.2) is 0 Å². The van der Waals surface area contributed by atoms with Gasteiger partial charge in [0.15, 0.2) is 0 Å². The van der Waals surface area contributed by atoms with Crippen molar-refractivity contribution in [2.75, 3.05) is 26.7 Å². The maximum Gasteiger partial charge on any atom is 0.0706 e. The number of nitrogens with zero attached hydrogens (tertiary/aromatic N) is 1. The summed E-state index contributed by atoms with van der Waals surface area (Å²) in [6, 6.07) is 0.745. The number of hydrogen-bond acceptors (Lipinski definition) is 3. The van der Waals surface area contributed by atoms with Gasteiger partial charge in [0.25, 0.3) is 0 Å². The number of nitrogens with one attached hydrogen (secondary N) is 1. The normalized spacial score (nSPS) is 37.6. The van der Waals surface area contributed by atoms with Crippen molar-refractivity contribution in [2.24, 2.45) is 0 Å². The predicted molar refractivity (Wildman–Crippen MR) is 62.1 cm³/mol.